The molecule has 4 aromatic rings. The molecule has 0 aliphatic carbocycles. The number of benzene rings is 1. The first kappa shape index (κ1) is 23.3. The number of fused-ring (bicyclic) bond motifs is 2. The lowest BCUT2D eigenvalue weighted by molar-refractivity contribution is 0.0731. The van der Waals surface area contributed by atoms with E-state index in [4.69, 9.17) is 0 Å². The highest BCUT2D eigenvalue weighted by atomic mass is 16.4. The molecule has 1 saturated heterocycles. The number of carbonyl (C=O) groups excluding carboxylic acids is 1. The zero-order valence-corrected chi connectivity index (χ0v) is 21.3. The summed E-state index contributed by atoms with van der Waals surface area (Å²) in [6.45, 7) is 5.48. The number of likely N-dealkylation sites (tertiary alicyclic amines) is 1. The summed E-state index contributed by atoms with van der Waals surface area (Å²) < 4.78 is 1.67. The summed E-state index contributed by atoms with van der Waals surface area (Å²) in [5.41, 5.74) is 8.58. The fourth-order valence-corrected chi connectivity index (χ4v) is 5.93. The minimum Gasteiger partial charge on any atom is -0.465 e. The van der Waals surface area contributed by atoms with Gasteiger partial charge < -0.3 is 19.9 Å². The lowest BCUT2D eigenvalue weighted by Crippen LogP contribution is -2.37. The standard InChI is InChI=1S/C28H30N6O3/c1-16-12-29-26-21(16)11-20(13-30-26)19-9-18-6-8-33(27(35)23-14-32(3)31-17(23)2)15-24(18)22(10-19)25-5-4-7-34(25)28(36)37/h9-14,25H,4-8,15H2,1-3H3,(H,29,30)(H,36,37). The second-order valence-corrected chi connectivity index (χ2v) is 10.2. The van der Waals surface area contributed by atoms with Gasteiger partial charge in [-0.25, -0.2) is 9.78 Å². The Balaban J connectivity index is 1.44. The second-order valence-electron chi connectivity index (χ2n) is 10.2. The van der Waals surface area contributed by atoms with E-state index in [0.717, 1.165) is 51.7 Å². The predicted molar refractivity (Wildman–Crippen MR) is 139 cm³/mol. The third-order valence-corrected chi connectivity index (χ3v) is 7.84. The van der Waals surface area contributed by atoms with Gasteiger partial charge in [0.2, 0.25) is 0 Å². The smallest absolute Gasteiger partial charge is 0.407 e. The molecule has 1 atom stereocenters. The SMILES string of the molecule is Cc1nn(C)cc1C(=O)N1CCc2cc(-c3cnc4[nH]cc(C)c4c3)cc(C3CCCN3C(=O)O)c2C1. The van der Waals surface area contributed by atoms with Gasteiger partial charge in [-0.15, -0.1) is 0 Å². The molecule has 5 heterocycles. The molecule has 9 nitrogen and oxygen atoms in total. The van der Waals surface area contributed by atoms with Gasteiger partial charge in [-0.1, -0.05) is 6.07 Å². The number of amides is 2. The summed E-state index contributed by atoms with van der Waals surface area (Å²) in [5, 5.41) is 15.3. The van der Waals surface area contributed by atoms with Crippen LogP contribution in [0.5, 0.6) is 0 Å². The maximum absolute atomic E-state index is 13.4. The van der Waals surface area contributed by atoms with Crippen molar-refractivity contribution >= 4 is 23.0 Å². The first-order valence-electron chi connectivity index (χ1n) is 12.7. The van der Waals surface area contributed by atoms with Crippen LogP contribution in [0.4, 0.5) is 4.79 Å². The van der Waals surface area contributed by atoms with Crippen LogP contribution in [0.25, 0.3) is 22.2 Å². The maximum Gasteiger partial charge on any atom is 0.407 e. The van der Waals surface area contributed by atoms with Crippen LogP contribution in [-0.4, -0.2) is 59.7 Å². The Kier molecular flexibility index (Phi) is 5.51. The maximum atomic E-state index is 13.4. The van der Waals surface area contributed by atoms with Crippen LogP contribution in [0.15, 0.2) is 36.8 Å². The van der Waals surface area contributed by atoms with Gasteiger partial charge in [0.1, 0.15) is 5.65 Å². The highest BCUT2D eigenvalue weighted by Gasteiger charge is 2.34. The number of nitrogens with one attached hydrogen (secondary N) is 1. The topological polar surface area (TPSA) is 107 Å². The molecular formula is C28H30N6O3. The van der Waals surface area contributed by atoms with E-state index in [2.05, 4.69) is 40.2 Å². The molecule has 2 aliphatic rings. The number of carbonyl (C=O) groups is 2. The normalized spacial score (nSPS) is 17.4. The van der Waals surface area contributed by atoms with E-state index in [1.165, 1.54) is 5.56 Å². The Hall–Kier alpha value is -4.14. The van der Waals surface area contributed by atoms with Crippen molar-refractivity contribution in [2.45, 2.75) is 45.7 Å². The minimum atomic E-state index is -0.901. The van der Waals surface area contributed by atoms with Gasteiger partial charge in [-0.3, -0.25) is 9.48 Å². The van der Waals surface area contributed by atoms with E-state index in [1.807, 2.05) is 31.3 Å². The third-order valence-electron chi connectivity index (χ3n) is 7.84. The van der Waals surface area contributed by atoms with Crippen molar-refractivity contribution in [3.05, 3.63) is 70.3 Å². The summed E-state index contributed by atoms with van der Waals surface area (Å²) in [7, 11) is 1.82. The number of carboxylic acid groups (broad SMARTS) is 1. The van der Waals surface area contributed by atoms with Gasteiger partial charge in [0.15, 0.2) is 0 Å². The molecule has 1 aromatic carbocycles. The molecule has 2 aliphatic heterocycles. The number of aromatic amines is 1. The summed E-state index contributed by atoms with van der Waals surface area (Å²) in [6.07, 6.45) is 7.00. The Labute approximate surface area is 214 Å². The molecule has 2 N–H and O–H groups in total. The first-order chi connectivity index (χ1) is 17.8. The number of aromatic nitrogens is 4. The molecule has 190 valence electrons. The van der Waals surface area contributed by atoms with Crippen LogP contribution >= 0.6 is 0 Å². The van der Waals surface area contributed by atoms with E-state index in [-0.39, 0.29) is 11.9 Å². The number of hydrogen-bond acceptors (Lipinski definition) is 4. The molecule has 1 fully saturated rings. The molecule has 0 saturated carbocycles. The van der Waals surface area contributed by atoms with Crippen LogP contribution in [0.3, 0.4) is 0 Å². The highest BCUT2D eigenvalue weighted by Crippen LogP contribution is 2.40. The zero-order chi connectivity index (χ0) is 25.8. The van der Waals surface area contributed by atoms with Crippen LogP contribution in [0.2, 0.25) is 0 Å². The number of nitrogens with zero attached hydrogens (tertiary/aromatic N) is 5. The van der Waals surface area contributed by atoms with Crippen molar-refractivity contribution in [1.82, 2.24) is 29.5 Å². The molecular weight excluding hydrogens is 468 g/mol. The summed E-state index contributed by atoms with van der Waals surface area (Å²) in [5.74, 6) is -0.0367. The van der Waals surface area contributed by atoms with Gasteiger partial charge in [0, 0.05) is 56.2 Å². The van der Waals surface area contributed by atoms with Crippen LogP contribution in [0, 0.1) is 13.8 Å². The Bertz CT molecular complexity index is 1550. The Morgan fingerprint density at radius 2 is 1.97 bits per heavy atom. The molecule has 37 heavy (non-hydrogen) atoms. The van der Waals surface area contributed by atoms with Crippen molar-refractivity contribution < 1.29 is 14.7 Å². The van der Waals surface area contributed by atoms with Crippen molar-refractivity contribution in [2.24, 2.45) is 7.05 Å². The van der Waals surface area contributed by atoms with Gasteiger partial charge in [0.25, 0.3) is 5.91 Å². The molecule has 2 amide bonds. The lowest BCUT2D eigenvalue weighted by atomic mass is 9.86. The highest BCUT2D eigenvalue weighted by molar-refractivity contribution is 5.95. The number of hydrogen-bond donors (Lipinski definition) is 2. The fraction of sp³-hybridized carbons (Fsp3) is 0.357. The van der Waals surface area contributed by atoms with Gasteiger partial charge in [-0.05, 0) is 73.1 Å². The summed E-state index contributed by atoms with van der Waals surface area (Å²) >= 11 is 0. The van der Waals surface area contributed by atoms with Gasteiger partial charge in [-0.2, -0.15) is 5.10 Å². The largest absolute Gasteiger partial charge is 0.465 e. The molecule has 1 unspecified atom stereocenters. The monoisotopic (exact) mass is 498 g/mol. The molecule has 3 aromatic heterocycles. The number of aryl methyl sites for hydroxylation is 3. The number of H-pyrrole nitrogens is 1. The minimum absolute atomic E-state index is 0.0367. The lowest BCUT2D eigenvalue weighted by Gasteiger charge is -2.33. The molecule has 0 radical (unpaired) electrons. The van der Waals surface area contributed by atoms with E-state index in [0.29, 0.717) is 37.3 Å². The summed E-state index contributed by atoms with van der Waals surface area (Å²) in [4.78, 5) is 36.8. The average Bonchev–Trinajstić information content (AvgIpc) is 3.61. The molecule has 0 bridgehead atoms. The Morgan fingerprint density at radius 1 is 1.14 bits per heavy atom. The number of rotatable bonds is 3. The van der Waals surface area contributed by atoms with E-state index < -0.39 is 6.09 Å². The van der Waals surface area contributed by atoms with E-state index >= 15 is 0 Å². The zero-order valence-electron chi connectivity index (χ0n) is 21.3. The predicted octanol–water partition coefficient (Wildman–Crippen LogP) is 4.59. The van der Waals surface area contributed by atoms with E-state index in [1.54, 1.807) is 15.8 Å². The quantitative estimate of drug-likeness (QED) is 0.430. The van der Waals surface area contributed by atoms with Crippen LogP contribution in [-0.2, 0) is 20.0 Å². The molecule has 0 spiro atoms. The molecule has 6 rings (SSSR count). The van der Waals surface area contributed by atoms with Crippen molar-refractivity contribution in [1.29, 1.82) is 0 Å². The van der Waals surface area contributed by atoms with Crippen molar-refractivity contribution in [2.75, 3.05) is 13.1 Å². The van der Waals surface area contributed by atoms with Crippen LogP contribution < -0.4 is 0 Å². The van der Waals surface area contributed by atoms with E-state index in [9.17, 15) is 14.7 Å². The summed E-state index contributed by atoms with van der Waals surface area (Å²) in [6, 6.07) is 6.24. The first-order valence-corrected chi connectivity index (χ1v) is 12.7. The fourth-order valence-electron chi connectivity index (χ4n) is 5.93. The molecule has 9 heteroatoms. The van der Waals surface area contributed by atoms with Crippen LogP contribution in [0.1, 0.15) is 57.2 Å². The average molecular weight is 499 g/mol. The number of pyridine rings is 1. The van der Waals surface area contributed by atoms with Crippen molar-refractivity contribution in [3.8, 4) is 11.1 Å². The van der Waals surface area contributed by atoms with Crippen molar-refractivity contribution in [3.63, 3.8) is 0 Å². The van der Waals surface area contributed by atoms with Gasteiger partial charge in [0.05, 0.1) is 17.3 Å². The second kappa shape index (κ2) is 8.76. The Morgan fingerprint density at radius 3 is 2.73 bits per heavy atom. The third kappa shape index (κ3) is 3.94. The van der Waals surface area contributed by atoms with Gasteiger partial charge >= 0.3 is 6.09 Å².